The maximum Gasteiger partial charge on any atom is 0.306 e. The third kappa shape index (κ3) is 3.35. The van der Waals surface area contributed by atoms with Crippen molar-refractivity contribution in [2.24, 2.45) is 5.92 Å². The van der Waals surface area contributed by atoms with Crippen molar-refractivity contribution in [1.29, 1.82) is 0 Å². The Hall–Kier alpha value is -1.38. The third-order valence-corrected chi connectivity index (χ3v) is 2.57. The molecule has 0 aliphatic rings. The average molecular weight is 210 g/mol. The summed E-state index contributed by atoms with van der Waals surface area (Å²) in [6, 6.07) is 4.60. The summed E-state index contributed by atoms with van der Waals surface area (Å²) in [5.74, 6) is -1.38. The van der Waals surface area contributed by atoms with Crippen molar-refractivity contribution < 1.29 is 14.3 Å². The van der Waals surface area contributed by atoms with E-state index in [4.69, 9.17) is 5.11 Å². The van der Waals surface area contributed by atoms with E-state index in [1.807, 2.05) is 6.92 Å². The van der Waals surface area contributed by atoms with Crippen LogP contribution in [0.15, 0.2) is 18.2 Å². The molecule has 15 heavy (non-hydrogen) atoms. The van der Waals surface area contributed by atoms with Crippen LogP contribution in [0.3, 0.4) is 0 Å². The largest absolute Gasteiger partial charge is 0.481 e. The van der Waals surface area contributed by atoms with Crippen LogP contribution in [-0.2, 0) is 11.2 Å². The molecule has 0 heterocycles. The Kier molecular flexibility index (Phi) is 3.83. The van der Waals surface area contributed by atoms with Gasteiger partial charge in [0, 0.05) is 0 Å². The van der Waals surface area contributed by atoms with Crippen LogP contribution in [0, 0.1) is 18.7 Å². The Morgan fingerprint density at radius 1 is 1.53 bits per heavy atom. The van der Waals surface area contributed by atoms with Gasteiger partial charge in [-0.2, -0.15) is 0 Å². The molecule has 1 aromatic rings. The molecule has 0 aliphatic heterocycles. The highest BCUT2D eigenvalue weighted by Gasteiger charge is 2.11. The van der Waals surface area contributed by atoms with Gasteiger partial charge in [0.05, 0.1) is 5.92 Å². The molecule has 1 atom stereocenters. The fraction of sp³-hybridized carbons (Fsp3) is 0.417. The standard InChI is InChI=1S/C12H15FO2/c1-8(12(14)15)3-4-10-5-6-11(13)7-9(10)2/h5-8H,3-4H2,1-2H3,(H,14,15). The van der Waals surface area contributed by atoms with Gasteiger partial charge in [0.25, 0.3) is 0 Å². The van der Waals surface area contributed by atoms with Crippen molar-refractivity contribution in [3.63, 3.8) is 0 Å². The van der Waals surface area contributed by atoms with E-state index in [9.17, 15) is 9.18 Å². The Labute approximate surface area is 88.7 Å². The van der Waals surface area contributed by atoms with Crippen molar-refractivity contribution in [1.82, 2.24) is 0 Å². The summed E-state index contributed by atoms with van der Waals surface area (Å²) in [4.78, 5) is 10.6. The number of carbonyl (C=O) groups is 1. The lowest BCUT2D eigenvalue weighted by atomic mass is 9.98. The summed E-state index contributed by atoms with van der Waals surface area (Å²) < 4.78 is 12.8. The third-order valence-electron chi connectivity index (χ3n) is 2.57. The van der Waals surface area contributed by atoms with E-state index in [-0.39, 0.29) is 11.7 Å². The first-order valence-corrected chi connectivity index (χ1v) is 4.98. The molecule has 0 radical (unpaired) electrons. The molecule has 82 valence electrons. The number of hydrogen-bond donors (Lipinski definition) is 1. The molecule has 1 aromatic carbocycles. The van der Waals surface area contributed by atoms with Crippen molar-refractivity contribution >= 4 is 5.97 Å². The Morgan fingerprint density at radius 2 is 2.20 bits per heavy atom. The van der Waals surface area contributed by atoms with Crippen LogP contribution >= 0.6 is 0 Å². The second kappa shape index (κ2) is 4.91. The lowest BCUT2D eigenvalue weighted by Crippen LogP contribution is -2.10. The van der Waals surface area contributed by atoms with Gasteiger partial charge in [0.2, 0.25) is 0 Å². The molecule has 0 fully saturated rings. The summed E-state index contributed by atoms with van der Waals surface area (Å²) >= 11 is 0. The normalized spacial score (nSPS) is 12.5. The van der Waals surface area contributed by atoms with Crippen molar-refractivity contribution in [3.8, 4) is 0 Å². The number of carboxylic acid groups (broad SMARTS) is 1. The molecule has 0 bridgehead atoms. The summed E-state index contributed by atoms with van der Waals surface area (Å²) in [7, 11) is 0. The smallest absolute Gasteiger partial charge is 0.306 e. The molecule has 0 aromatic heterocycles. The summed E-state index contributed by atoms with van der Waals surface area (Å²) in [5.41, 5.74) is 1.90. The summed E-state index contributed by atoms with van der Waals surface area (Å²) in [6.07, 6.45) is 1.27. The Morgan fingerprint density at radius 3 is 2.73 bits per heavy atom. The quantitative estimate of drug-likeness (QED) is 0.829. The van der Waals surface area contributed by atoms with Crippen molar-refractivity contribution in [3.05, 3.63) is 35.1 Å². The van der Waals surface area contributed by atoms with Crippen molar-refractivity contribution in [2.75, 3.05) is 0 Å². The number of halogens is 1. The summed E-state index contributed by atoms with van der Waals surface area (Å²) in [5, 5.41) is 8.71. The minimum atomic E-state index is -0.783. The van der Waals surface area contributed by atoms with Crippen LogP contribution in [0.1, 0.15) is 24.5 Å². The van der Waals surface area contributed by atoms with Gasteiger partial charge in [-0.3, -0.25) is 4.79 Å². The molecule has 1 rings (SSSR count). The molecular formula is C12H15FO2. The predicted molar refractivity (Wildman–Crippen MR) is 56.3 cm³/mol. The van der Waals surface area contributed by atoms with Gasteiger partial charge in [0.1, 0.15) is 5.82 Å². The van der Waals surface area contributed by atoms with E-state index >= 15 is 0 Å². The lowest BCUT2D eigenvalue weighted by Gasteiger charge is -2.08. The van der Waals surface area contributed by atoms with E-state index < -0.39 is 5.97 Å². The van der Waals surface area contributed by atoms with E-state index in [0.717, 1.165) is 11.1 Å². The number of carboxylic acids is 1. The number of aryl methyl sites for hydroxylation is 2. The monoisotopic (exact) mass is 210 g/mol. The Bertz CT molecular complexity index is 361. The molecule has 0 saturated heterocycles. The fourth-order valence-corrected chi connectivity index (χ4v) is 1.44. The van der Waals surface area contributed by atoms with Crippen LogP contribution in [0.5, 0.6) is 0 Å². The van der Waals surface area contributed by atoms with Crippen molar-refractivity contribution in [2.45, 2.75) is 26.7 Å². The minimum absolute atomic E-state index is 0.248. The molecule has 0 spiro atoms. The van der Waals surface area contributed by atoms with Gasteiger partial charge in [0.15, 0.2) is 0 Å². The zero-order chi connectivity index (χ0) is 11.4. The second-order valence-corrected chi connectivity index (χ2v) is 3.85. The molecule has 0 saturated carbocycles. The molecule has 3 heteroatoms. The maximum atomic E-state index is 12.8. The zero-order valence-electron chi connectivity index (χ0n) is 8.96. The lowest BCUT2D eigenvalue weighted by molar-refractivity contribution is -0.141. The second-order valence-electron chi connectivity index (χ2n) is 3.85. The highest BCUT2D eigenvalue weighted by atomic mass is 19.1. The number of hydrogen-bond acceptors (Lipinski definition) is 1. The molecule has 2 nitrogen and oxygen atoms in total. The van der Waals surface area contributed by atoms with Crippen LogP contribution in [0.2, 0.25) is 0 Å². The maximum absolute atomic E-state index is 12.8. The number of aliphatic carboxylic acids is 1. The molecular weight excluding hydrogens is 195 g/mol. The predicted octanol–water partition coefficient (Wildman–Crippen LogP) is 2.79. The number of rotatable bonds is 4. The first kappa shape index (κ1) is 11.7. The van der Waals surface area contributed by atoms with Crippen LogP contribution in [-0.4, -0.2) is 11.1 Å². The first-order valence-electron chi connectivity index (χ1n) is 4.98. The van der Waals surface area contributed by atoms with Gasteiger partial charge in [-0.05, 0) is 43.0 Å². The highest BCUT2D eigenvalue weighted by Crippen LogP contribution is 2.15. The minimum Gasteiger partial charge on any atom is -0.481 e. The van der Waals surface area contributed by atoms with Crippen LogP contribution in [0.4, 0.5) is 4.39 Å². The van der Waals surface area contributed by atoms with Gasteiger partial charge >= 0.3 is 5.97 Å². The van der Waals surface area contributed by atoms with E-state index in [1.54, 1.807) is 13.0 Å². The molecule has 0 amide bonds. The van der Waals surface area contributed by atoms with E-state index in [0.29, 0.717) is 12.8 Å². The number of benzene rings is 1. The SMILES string of the molecule is Cc1cc(F)ccc1CCC(C)C(=O)O. The van der Waals surface area contributed by atoms with E-state index in [2.05, 4.69) is 0 Å². The van der Waals surface area contributed by atoms with Gasteiger partial charge < -0.3 is 5.11 Å². The highest BCUT2D eigenvalue weighted by molar-refractivity contribution is 5.69. The van der Waals surface area contributed by atoms with Gasteiger partial charge in [-0.1, -0.05) is 13.0 Å². The van der Waals surface area contributed by atoms with Gasteiger partial charge in [-0.25, -0.2) is 4.39 Å². The van der Waals surface area contributed by atoms with Gasteiger partial charge in [-0.15, -0.1) is 0 Å². The van der Waals surface area contributed by atoms with Crippen LogP contribution < -0.4 is 0 Å². The topological polar surface area (TPSA) is 37.3 Å². The first-order chi connectivity index (χ1) is 7.00. The molecule has 1 unspecified atom stereocenters. The van der Waals surface area contributed by atoms with E-state index in [1.165, 1.54) is 12.1 Å². The molecule has 1 N–H and O–H groups in total. The molecule has 0 aliphatic carbocycles. The Balaban J connectivity index is 2.62. The zero-order valence-corrected chi connectivity index (χ0v) is 8.96. The average Bonchev–Trinajstić information content (AvgIpc) is 2.15. The fourth-order valence-electron chi connectivity index (χ4n) is 1.44. The summed E-state index contributed by atoms with van der Waals surface area (Å²) in [6.45, 7) is 3.52. The van der Waals surface area contributed by atoms with Crippen LogP contribution in [0.25, 0.3) is 0 Å².